The van der Waals surface area contributed by atoms with Gasteiger partial charge >= 0.3 is 0 Å². The summed E-state index contributed by atoms with van der Waals surface area (Å²) < 4.78 is 15.2. The van der Waals surface area contributed by atoms with Crippen molar-refractivity contribution in [2.24, 2.45) is 5.73 Å². The molecule has 1 aromatic carbocycles. The molecule has 7 heteroatoms. The summed E-state index contributed by atoms with van der Waals surface area (Å²) in [5.41, 5.74) is 16.3. The molecule has 132 valence electrons. The molecule has 2 atom stereocenters. The van der Waals surface area contributed by atoms with E-state index in [1.54, 1.807) is 0 Å². The average Bonchev–Trinajstić information content (AvgIpc) is 2.92. The first-order valence-corrected chi connectivity index (χ1v) is 8.68. The van der Waals surface area contributed by atoms with Crippen LogP contribution < -0.4 is 16.8 Å². The third-order valence-corrected chi connectivity index (χ3v) is 5.28. The fraction of sp³-hybridized carbons (Fsp3) is 0.444. The van der Waals surface area contributed by atoms with Crippen LogP contribution >= 0.6 is 0 Å². The number of benzene rings is 1. The number of halogens is 1. The molecule has 2 aliphatic rings. The molecule has 0 fully saturated rings. The van der Waals surface area contributed by atoms with Crippen LogP contribution in [0.5, 0.6) is 0 Å². The van der Waals surface area contributed by atoms with Crippen molar-refractivity contribution < 1.29 is 9.18 Å². The first-order valence-electron chi connectivity index (χ1n) is 8.68. The lowest BCUT2D eigenvalue weighted by atomic mass is 9.88. The van der Waals surface area contributed by atoms with E-state index < -0.39 is 5.92 Å². The highest BCUT2D eigenvalue weighted by Gasteiger charge is 2.33. The number of nitrogens with zero attached hydrogens (tertiary/aromatic N) is 2. The number of nitrogens with two attached hydrogens (primary N) is 2. The van der Waals surface area contributed by atoms with Crippen molar-refractivity contribution in [3.05, 3.63) is 40.3 Å². The molecule has 2 heterocycles. The fourth-order valence-corrected chi connectivity index (χ4v) is 4.07. The van der Waals surface area contributed by atoms with E-state index >= 15 is 0 Å². The van der Waals surface area contributed by atoms with Gasteiger partial charge < -0.3 is 16.8 Å². The van der Waals surface area contributed by atoms with E-state index in [4.69, 9.17) is 11.5 Å². The van der Waals surface area contributed by atoms with Crippen molar-refractivity contribution in [1.82, 2.24) is 9.78 Å². The summed E-state index contributed by atoms with van der Waals surface area (Å²) in [6, 6.07) is 2.73. The van der Waals surface area contributed by atoms with Crippen molar-refractivity contribution in [2.45, 2.75) is 44.6 Å². The zero-order valence-electron chi connectivity index (χ0n) is 14.2. The standard InChI is InChI=1S/C18H22FN5O/c1-9-7-10(19)8-12-11(5-6-22-16(9)12)18(25)24-17(21)15-13(20)3-2-4-14(15)23-24/h7-8,11,13,22H,2-6,20-21H2,1H3/t11?,13-/m1/s1. The van der Waals surface area contributed by atoms with Crippen LogP contribution in [0.2, 0.25) is 0 Å². The van der Waals surface area contributed by atoms with Gasteiger partial charge in [-0.15, -0.1) is 0 Å². The van der Waals surface area contributed by atoms with E-state index in [0.29, 0.717) is 24.3 Å². The third-order valence-electron chi connectivity index (χ3n) is 5.28. The Labute approximate surface area is 145 Å². The van der Waals surface area contributed by atoms with Crippen LogP contribution in [0.4, 0.5) is 15.9 Å². The van der Waals surface area contributed by atoms with Crippen LogP contribution in [0.3, 0.4) is 0 Å². The lowest BCUT2D eigenvalue weighted by Gasteiger charge is -2.27. The monoisotopic (exact) mass is 343 g/mol. The fourth-order valence-electron chi connectivity index (χ4n) is 4.07. The van der Waals surface area contributed by atoms with E-state index in [9.17, 15) is 9.18 Å². The first kappa shape index (κ1) is 16.1. The van der Waals surface area contributed by atoms with Gasteiger partial charge in [0, 0.05) is 23.8 Å². The van der Waals surface area contributed by atoms with Crippen LogP contribution in [0.15, 0.2) is 12.1 Å². The Hall–Kier alpha value is -2.41. The van der Waals surface area contributed by atoms with Gasteiger partial charge in [0.2, 0.25) is 0 Å². The maximum absolute atomic E-state index is 13.9. The van der Waals surface area contributed by atoms with Crippen molar-refractivity contribution in [1.29, 1.82) is 0 Å². The van der Waals surface area contributed by atoms with Gasteiger partial charge in [-0.05, 0) is 55.9 Å². The summed E-state index contributed by atoms with van der Waals surface area (Å²) in [5, 5.41) is 7.71. The predicted octanol–water partition coefficient (Wildman–Crippen LogP) is 2.49. The Bertz CT molecular complexity index is 860. The Balaban J connectivity index is 1.77. The molecule has 1 aliphatic heterocycles. The molecule has 1 unspecified atom stereocenters. The van der Waals surface area contributed by atoms with Gasteiger partial charge in [-0.3, -0.25) is 4.79 Å². The van der Waals surface area contributed by atoms with Gasteiger partial charge in [0.1, 0.15) is 11.6 Å². The second kappa shape index (κ2) is 5.84. The molecule has 1 aromatic heterocycles. The van der Waals surface area contributed by atoms with Gasteiger partial charge in [0.25, 0.3) is 5.91 Å². The van der Waals surface area contributed by atoms with Crippen molar-refractivity contribution in [2.75, 3.05) is 17.6 Å². The number of fused-ring (bicyclic) bond motifs is 2. The number of hydrogen-bond acceptors (Lipinski definition) is 5. The van der Waals surface area contributed by atoms with Crippen LogP contribution in [0, 0.1) is 12.7 Å². The van der Waals surface area contributed by atoms with Crippen LogP contribution in [-0.4, -0.2) is 22.2 Å². The summed E-state index contributed by atoms with van der Waals surface area (Å²) in [5.74, 6) is -0.690. The molecular weight excluding hydrogens is 321 g/mol. The Kier molecular flexibility index (Phi) is 3.76. The number of aromatic nitrogens is 2. The molecular formula is C18H22FN5O. The minimum absolute atomic E-state index is 0.176. The number of carbonyl (C=O) groups is 1. The number of aryl methyl sites for hydroxylation is 2. The molecule has 0 saturated heterocycles. The van der Waals surface area contributed by atoms with Gasteiger partial charge in [-0.2, -0.15) is 9.78 Å². The summed E-state index contributed by atoms with van der Waals surface area (Å²) >= 11 is 0. The largest absolute Gasteiger partial charge is 0.385 e. The minimum atomic E-state index is -0.467. The molecule has 0 bridgehead atoms. The zero-order chi connectivity index (χ0) is 17.7. The lowest BCUT2D eigenvalue weighted by molar-refractivity contribution is 0.0859. The SMILES string of the molecule is Cc1cc(F)cc2c1NCCC2C(=O)n1nc2c(c1N)[C@H](N)CCC2. The van der Waals surface area contributed by atoms with E-state index in [1.807, 2.05) is 6.92 Å². The molecule has 0 saturated carbocycles. The summed E-state index contributed by atoms with van der Waals surface area (Å²) in [6.45, 7) is 2.48. The first-order chi connectivity index (χ1) is 12.0. The molecule has 2 aromatic rings. The second-order valence-corrected chi connectivity index (χ2v) is 6.95. The van der Waals surface area contributed by atoms with Crippen molar-refractivity contribution >= 4 is 17.4 Å². The van der Waals surface area contributed by atoms with Crippen molar-refractivity contribution in [3.63, 3.8) is 0 Å². The number of nitrogen functional groups attached to an aromatic ring is 1. The molecule has 6 nitrogen and oxygen atoms in total. The Morgan fingerprint density at radius 1 is 1.40 bits per heavy atom. The average molecular weight is 343 g/mol. The quantitative estimate of drug-likeness (QED) is 0.739. The van der Waals surface area contributed by atoms with Gasteiger partial charge in [-0.25, -0.2) is 4.39 Å². The number of hydrogen-bond donors (Lipinski definition) is 3. The van der Waals surface area contributed by atoms with Gasteiger partial charge in [-0.1, -0.05) is 0 Å². The highest BCUT2D eigenvalue weighted by Crippen LogP contribution is 2.38. The number of nitrogens with one attached hydrogen (secondary N) is 1. The predicted molar refractivity (Wildman–Crippen MR) is 94.1 cm³/mol. The Morgan fingerprint density at radius 3 is 2.96 bits per heavy atom. The van der Waals surface area contributed by atoms with Crippen LogP contribution in [-0.2, 0) is 6.42 Å². The van der Waals surface area contributed by atoms with E-state index in [0.717, 1.165) is 41.8 Å². The molecule has 4 rings (SSSR count). The van der Waals surface area contributed by atoms with E-state index in [2.05, 4.69) is 10.4 Å². The Morgan fingerprint density at radius 2 is 2.20 bits per heavy atom. The van der Waals surface area contributed by atoms with Crippen LogP contribution in [0.25, 0.3) is 0 Å². The summed E-state index contributed by atoms with van der Waals surface area (Å²) in [4.78, 5) is 13.2. The highest BCUT2D eigenvalue weighted by molar-refractivity contribution is 5.90. The zero-order valence-corrected chi connectivity index (χ0v) is 14.2. The van der Waals surface area contributed by atoms with E-state index in [1.165, 1.54) is 16.8 Å². The third kappa shape index (κ3) is 2.50. The number of anilines is 2. The maximum atomic E-state index is 13.9. The number of rotatable bonds is 1. The summed E-state index contributed by atoms with van der Waals surface area (Å²) in [6.07, 6.45) is 3.14. The smallest absolute Gasteiger partial charge is 0.256 e. The van der Waals surface area contributed by atoms with E-state index in [-0.39, 0.29) is 17.8 Å². The lowest BCUT2D eigenvalue weighted by Crippen LogP contribution is -2.29. The highest BCUT2D eigenvalue weighted by atomic mass is 19.1. The van der Waals surface area contributed by atoms with Crippen LogP contribution in [0.1, 0.15) is 58.4 Å². The molecule has 1 aliphatic carbocycles. The number of carbonyl (C=O) groups excluding carboxylic acids is 1. The molecule has 0 radical (unpaired) electrons. The van der Waals surface area contributed by atoms with Gasteiger partial charge in [0.05, 0.1) is 11.6 Å². The molecule has 0 spiro atoms. The minimum Gasteiger partial charge on any atom is -0.385 e. The normalized spacial score (nSPS) is 22.0. The maximum Gasteiger partial charge on any atom is 0.256 e. The van der Waals surface area contributed by atoms with Crippen molar-refractivity contribution in [3.8, 4) is 0 Å². The summed E-state index contributed by atoms with van der Waals surface area (Å²) in [7, 11) is 0. The topological polar surface area (TPSA) is 99.0 Å². The molecule has 5 N–H and O–H groups in total. The second-order valence-electron chi connectivity index (χ2n) is 6.95. The van der Waals surface area contributed by atoms with Gasteiger partial charge in [0.15, 0.2) is 0 Å². The molecule has 0 amide bonds. The molecule has 25 heavy (non-hydrogen) atoms.